The Hall–Kier alpha value is -0.610. The molecule has 0 heterocycles. The molecule has 0 aromatic heterocycles. The first-order chi connectivity index (χ1) is 6.20. The Labute approximate surface area is 79.4 Å². The van der Waals surface area contributed by atoms with Crippen molar-refractivity contribution in [3.63, 3.8) is 0 Å². The number of hydrogen-bond acceptors (Lipinski definition) is 3. The summed E-state index contributed by atoms with van der Waals surface area (Å²) in [5.41, 5.74) is 2.22. The van der Waals surface area contributed by atoms with Crippen molar-refractivity contribution in [1.29, 1.82) is 0 Å². The predicted octanol–water partition coefficient (Wildman–Crippen LogP) is 0.239. The van der Waals surface area contributed by atoms with Gasteiger partial charge in [-0.3, -0.25) is 15.1 Å². The minimum absolute atomic E-state index is 0.0599. The van der Waals surface area contributed by atoms with E-state index in [0.717, 1.165) is 6.42 Å². The molecule has 1 unspecified atom stereocenters. The molecule has 0 aromatic carbocycles. The summed E-state index contributed by atoms with van der Waals surface area (Å²) < 4.78 is 0. The first kappa shape index (κ1) is 10.5. The molecule has 3 N–H and O–H groups in total. The van der Waals surface area contributed by atoms with Crippen molar-refractivity contribution in [1.82, 2.24) is 10.3 Å². The highest BCUT2D eigenvalue weighted by molar-refractivity contribution is 5.81. The van der Waals surface area contributed by atoms with Gasteiger partial charge in [-0.1, -0.05) is 13.3 Å². The van der Waals surface area contributed by atoms with Gasteiger partial charge in [-0.05, 0) is 26.3 Å². The average molecular weight is 185 g/mol. The van der Waals surface area contributed by atoms with Crippen molar-refractivity contribution in [2.24, 2.45) is 5.84 Å². The SMILES string of the molecule is CCC(C(=O)NN)N(C)C1CCC1. The van der Waals surface area contributed by atoms with Crippen LogP contribution in [0.25, 0.3) is 0 Å². The second-order valence-electron chi connectivity index (χ2n) is 3.68. The summed E-state index contributed by atoms with van der Waals surface area (Å²) in [6, 6.07) is 0.526. The molecular formula is C9H19N3O. The number of rotatable bonds is 4. The van der Waals surface area contributed by atoms with Crippen molar-refractivity contribution in [2.45, 2.75) is 44.7 Å². The number of carbonyl (C=O) groups is 1. The summed E-state index contributed by atoms with van der Waals surface area (Å²) in [5.74, 6) is 5.05. The zero-order chi connectivity index (χ0) is 9.84. The lowest BCUT2D eigenvalue weighted by atomic mass is 9.90. The number of likely N-dealkylation sites (N-methyl/N-ethyl adjacent to an activating group) is 1. The van der Waals surface area contributed by atoms with E-state index in [1.807, 2.05) is 14.0 Å². The van der Waals surface area contributed by atoms with Crippen LogP contribution in [-0.4, -0.2) is 29.9 Å². The van der Waals surface area contributed by atoms with E-state index in [1.54, 1.807) is 0 Å². The van der Waals surface area contributed by atoms with Crippen LogP contribution in [0.5, 0.6) is 0 Å². The fourth-order valence-corrected chi connectivity index (χ4v) is 1.80. The lowest BCUT2D eigenvalue weighted by molar-refractivity contribution is -0.127. The predicted molar refractivity (Wildman–Crippen MR) is 51.8 cm³/mol. The van der Waals surface area contributed by atoms with Crippen LogP contribution in [0, 0.1) is 0 Å². The topological polar surface area (TPSA) is 58.4 Å². The van der Waals surface area contributed by atoms with Crippen LogP contribution in [-0.2, 0) is 4.79 Å². The summed E-state index contributed by atoms with van der Waals surface area (Å²) in [7, 11) is 2.01. The maximum atomic E-state index is 11.4. The first-order valence-corrected chi connectivity index (χ1v) is 4.93. The molecule has 1 amide bonds. The number of nitrogens with one attached hydrogen (secondary N) is 1. The highest BCUT2D eigenvalue weighted by Gasteiger charge is 2.29. The highest BCUT2D eigenvalue weighted by atomic mass is 16.2. The second-order valence-corrected chi connectivity index (χ2v) is 3.68. The number of hydrazine groups is 1. The minimum atomic E-state index is -0.0723. The second kappa shape index (κ2) is 4.58. The number of amides is 1. The molecule has 0 spiro atoms. The van der Waals surface area contributed by atoms with Crippen molar-refractivity contribution in [2.75, 3.05) is 7.05 Å². The fourth-order valence-electron chi connectivity index (χ4n) is 1.80. The average Bonchev–Trinajstić information content (AvgIpc) is 2.02. The summed E-state index contributed by atoms with van der Waals surface area (Å²) in [5, 5.41) is 0. The van der Waals surface area contributed by atoms with Crippen LogP contribution in [0.15, 0.2) is 0 Å². The lowest BCUT2D eigenvalue weighted by Gasteiger charge is -2.38. The van der Waals surface area contributed by atoms with Gasteiger partial charge in [0.05, 0.1) is 6.04 Å². The Kier molecular flexibility index (Phi) is 3.69. The molecule has 1 saturated carbocycles. The zero-order valence-electron chi connectivity index (χ0n) is 8.42. The molecule has 4 nitrogen and oxygen atoms in total. The van der Waals surface area contributed by atoms with Crippen LogP contribution in [0.3, 0.4) is 0 Å². The van der Waals surface area contributed by atoms with Gasteiger partial charge in [-0.2, -0.15) is 0 Å². The largest absolute Gasteiger partial charge is 0.293 e. The molecule has 0 aromatic rings. The Morgan fingerprint density at radius 3 is 2.62 bits per heavy atom. The third kappa shape index (κ3) is 2.19. The summed E-state index contributed by atoms with van der Waals surface area (Å²) in [4.78, 5) is 13.5. The van der Waals surface area contributed by atoms with Crippen molar-refractivity contribution >= 4 is 5.91 Å². The van der Waals surface area contributed by atoms with Gasteiger partial charge in [0.2, 0.25) is 0 Å². The van der Waals surface area contributed by atoms with E-state index in [4.69, 9.17) is 5.84 Å². The molecule has 76 valence electrons. The molecule has 1 fully saturated rings. The van der Waals surface area contributed by atoms with Gasteiger partial charge >= 0.3 is 0 Å². The van der Waals surface area contributed by atoms with Crippen LogP contribution in [0.4, 0.5) is 0 Å². The lowest BCUT2D eigenvalue weighted by Crippen LogP contribution is -2.52. The smallest absolute Gasteiger partial charge is 0.251 e. The Bertz CT molecular complexity index is 180. The van der Waals surface area contributed by atoms with E-state index in [1.165, 1.54) is 19.3 Å². The monoisotopic (exact) mass is 185 g/mol. The van der Waals surface area contributed by atoms with Gasteiger partial charge in [0.1, 0.15) is 0 Å². The Morgan fingerprint density at radius 1 is 1.69 bits per heavy atom. The van der Waals surface area contributed by atoms with Crippen LogP contribution < -0.4 is 11.3 Å². The first-order valence-electron chi connectivity index (χ1n) is 4.93. The van der Waals surface area contributed by atoms with Gasteiger partial charge in [0, 0.05) is 6.04 Å². The van der Waals surface area contributed by atoms with E-state index in [9.17, 15) is 4.79 Å². The molecule has 1 rings (SSSR count). The molecule has 0 radical (unpaired) electrons. The number of hydrogen-bond donors (Lipinski definition) is 2. The molecule has 1 atom stereocenters. The van der Waals surface area contributed by atoms with Crippen LogP contribution in [0.2, 0.25) is 0 Å². The Morgan fingerprint density at radius 2 is 2.31 bits per heavy atom. The molecule has 4 heteroatoms. The van der Waals surface area contributed by atoms with E-state index in [2.05, 4.69) is 10.3 Å². The van der Waals surface area contributed by atoms with E-state index >= 15 is 0 Å². The summed E-state index contributed by atoms with van der Waals surface area (Å²) in [6.07, 6.45) is 4.53. The third-order valence-corrected chi connectivity index (χ3v) is 2.97. The molecule has 0 aliphatic heterocycles. The summed E-state index contributed by atoms with van der Waals surface area (Å²) >= 11 is 0. The quantitative estimate of drug-likeness (QED) is 0.375. The fraction of sp³-hybridized carbons (Fsp3) is 0.889. The number of nitrogens with zero attached hydrogens (tertiary/aromatic N) is 1. The van der Waals surface area contributed by atoms with Crippen molar-refractivity contribution in [3.05, 3.63) is 0 Å². The molecule has 1 aliphatic carbocycles. The van der Waals surface area contributed by atoms with Gasteiger partial charge in [0.25, 0.3) is 5.91 Å². The van der Waals surface area contributed by atoms with Gasteiger partial charge in [-0.15, -0.1) is 0 Å². The molecule has 0 saturated heterocycles. The maximum Gasteiger partial charge on any atom is 0.251 e. The Balaban J connectivity index is 2.48. The minimum Gasteiger partial charge on any atom is -0.293 e. The van der Waals surface area contributed by atoms with Crippen molar-refractivity contribution in [3.8, 4) is 0 Å². The standard InChI is InChI=1S/C9H19N3O/c1-3-8(9(13)11-10)12(2)7-5-4-6-7/h7-8H,3-6,10H2,1-2H3,(H,11,13). The number of carbonyl (C=O) groups excluding carboxylic acids is 1. The van der Waals surface area contributed by atoms with E-state index in [-0.39, 0.29) is 11.9 Å². The van der Waals surface area contributed by atoms with Crippen LogP contribution >= 0.6 is 0 Å². The maximum absolute atomic E-state index is 11.4. The third-order valence-electron chi connectivity index (χ3n) is 2.97. The van der Waals surface area contributed by atoms with Crippen LogP contribution in [0.1, 0.15) is 32.6 Å². The van der Waals surface area contributed by atoms with Gasteiger partial charge < -0.3 is 0 Å². The zero-order valence-corrected chi connectivity index (χ0v) is 8.42. The van der Waals surface area contributed by atoms with E-state index in [0.29, 0.717) is 6.04 Å². The van der Waals surface area contributed by atoms with Gasteiger partial charge in [-0.25, -0.2) is 5.84 Å². The number of nitrogens with two attached hydrogens (primary N) is 1. The molecular weight excluding hydrogens is 166 g/mol. The van der Waals surface area contributed by atoms with Crippen molar-refractivity contribution < 1.29 is 4.79 Å². The van der Waals surface area contributed by atoms with Gasteiger partial charge in [0.15, 0.2) is 0 Å². The van der Waals surface area contributed by atoms with E-state index < -0.39 is 0 Å². The highest BCUT2D eigenvalue weighted by Crippen LogP contribution is 2.25. The summed E-state index contributed by atoms with van der Waals surface area (Å²) in [6.45, 7) is 2.01. The molecule has 1 aliphatic rings. The molecule has 13 heavy (non-hydrogen) atoms. The molecule has 0 bridgehead atoms. The normalized spacial score (nSPS) is 19.7.